The van der Waals surface area contributed by atoms with Crippen molar-refractivity contribution >= 4 is 47.2 Å². The van der Waals surface area contributed by atoms with Gasteiger partial charge in [0, 0.05) is 10.8 Å². The first kappa shape index (κ1) is 13.5. The summed E-state index contributed by atoms with van der Waals surface area (Å²) in [5.74, 6) is -0.573. The normalized spacial score (nSPS) is 11.8. The van der Waals surface area contributed by atoms with Gasteiger partial charge in [-0.15, -0.1) is 11.3 Å². The van der Waals surface area contributed by atoms with Crippen LogP contribution in [0, 0.1) is 6.92 Å². The van der Waals surface area contributed by atoms with Crippen molar-refractivity contribution in [1.29, 1.82) is 0 Å². The molecule has 5 nitrogen and oxygen atoms in total. The van der Waals surface area contributed by atoms with Gasteiger partial charge in [0.2, 0.25) is 0 Å². The van der Waals surface area contributed by atoms with E-state index in [2.05, 4.69) is 5.09 Å². The highest BCUT2D eigenvalue weighted by Crippen LogP contribution is 2.36. The first-order valence-electron chi connectivity index (χ1n) is 4.96. The highest BCUT2D eigenvalue weighted by Gasteiger charge is 2.20. The highest BCUT2D eigenvalue weighted by atomic mass is 35.5. The Bertz CT molecular complexity index is 679. The standard InChI is InChI=1S/C10H11ClN3O2PS/c1-5-2-3-6-7(4-5)8(18-9(6)11)10(15)14-17(12,13)16/h2-4H,1H3,(H5,12,13,14,15,16). The van der Waals surface area contributed by atoms with Gasteiger partial charge in [0.25, 0.3) is 5.91 Å². The maximum Gasteiger partial charge on any atom is 0.300 e. The lowest BCUT2D eigenvalue weighted by Gasteiger charge is -2.07. The molecule has 96 valence electrons. The van der Waals surface area contributed by atoms with E-state index < -0.39 is 13.5 Å². The summed E-state index contributed by atoms with van der Waals surface area (Å²) in [6.45, 7) is 1.91. The first-order valence-corrected chi connectivity index (χ1v) is 8.00. The summed E-state index contributed by atoms with van der Waals surface area (Å²) < 4.78 is 11.7. The molecule has 0 spiro atoms. The molecular formula is C10H11ClN3O2PS. The molecule has 18 heavy (non-hydrogen) atoms. The average Bonchev–Trinajstić information content (AvgIpc) is 2.53. The second-order valence-corrected chi connectivity index (χ2v) is 7.17. The van der Waals surface area contributed by atoms with E-state index in [0.29, 0.717) is 14.6 Å². The van der Waals surface area contributed by atoms with Crippen molar-refractivity contribution in [2.24, 2.45) is 11.0 Å². The number of amides is 1. The third-order valence-corrected chi connectivity index (χ3v) is 4.30. The number of nitrogens with two attached hydrogens (primary N) is 2. The van der Waals surface area contributed by atoms with Crippen molar-refractivity contribution in [1.82, 2.24) is 5.09 Å². The number of hydrogen-bond acceptors (Lipinski definition) is 3. The summed E-state index contributed by atoms with van der Waals surface area (Å²) in [5.41, 5.74) is 11.3. The van der Waals surface area contributed by atoms with Gasteiger partial charge in [0.1, 0.15) is 9.21 Å². The number of fused-ring (bicyclic) bond motifs is 1. The third kappa shape index (κ3) is 2.74. The molecule has 0 aliphatic heterocycles. The van der Waals surface area contributed by atoms with Gasteiger partial charge >= 0.3 is 7.59 Å². The maximum absolute atomic E-state index is 11.9. The molecule has 5 N–H and O–H groups in total. The molecule has 1 heterocycles. The van der Waals surface area contributed by atoms with Crippen molar-refractivity contribution in [3.63, 3.8) is 0 Å². The Labute approximate surface area is 113 Å². The molecule has 1 amide bonds. The summed E-state index contributed by atoms with van der Waals surface area (Å²) in [4.78, 5) is 12.3. The zero-order valence-electron chi connectivity index (χ0n) is 9.44. The minimum Gasteiger partial charge on any atom is -0.279 e. The smallest absolute Gasteiger partial charge is 0.279 e. The van der Waals surface area contributed by atoms with Gasteiger partial charge in [-0.25, -0.2) is 0 Å². The van der Waals surface area contributed by atoms with E-state index >= 15 is 0 Å². The van der Waals surface area contributed by atoms with E-state index in [1.54, 1.807) is 0 Å². The lowest BCUT2D eigenvalue weighted by Crippen LogP contribution is -2.27. The van der Waals surface area contributed by atoms with Crippen LogP contribution in [0.2, 0.25) is 4.34 Å². The number of benzene rings is 1. The molecule has 0 saturated heterocycles. The fraction of sp³-hybridized carbons (Fsp3) is 0.100. The summed E-state index contributed by atoms with van der Waals surface area (Å²) >= 11 is 7.16. The van der Waals surface area contributed by atoms with Crippen LogP contribution in [-0.4, -0.2) is 5.91 Å². The largest absolute Gasteiger partial charge is 0.300 e. The zero-order valence-corrected chi connectivity index (χ0v) is 11.9. The number of carbonyl (C=O) groups excluding carboxylic acids is 1. The summed E-state index contributed by atoms with van der Waals surface area (Å²) in [6, 6.07) is 5.58. The summed E-state index contributed by atoms with van der Waals surface area (Å²) in [6.07, 6.45) is 0. The van der Waals surface area contributed by atoms with Crippen LogP contribution < -0.4 is 16.1 Å². The molecule has 0 unspecified atom stereocenters. The van der Waals surface area contributed by atoms with Crippen LogP contribution in [0.4, 0.5) is 0 Å². The molecule has 0 radical (unpaired) electrons. The van der Waals surface area contributed by atoms with E-state index in [1.807, 2.05) is 25.1 Å². The molecule has 2 aromatic rings. The van der Waals surface area contributed by atoms with Gasteiger partial charge in [0.15, 0.2) is 0 Å². The minimum atomic E-state index is -3.60. The topological polar surface area (TPSA) is 98.2 Å². The van der Waals surface area contributed by atoms with E-state index in [1.165, 1.54) is 0 Å². The van der Waals surface area contributed by atoms with Crippen molar-refractivity contribution in [2.45, 2.75) is 6.92 Å². The zero-order chi connectivity index (χ0) is 13.5. The predicted molar refractivity (Wildman–Crippen MR) is 75.0 cm³/mol. The van der Waals surface area contributed by atoms with Crippen LogP contribution in [0.15, 0.2) is 18.2 Å². The molecule has 1 aromatic carbocycles. The van der Waals surface area contributed by atoms with Gasteiger partial charge < -0.3 is 0 Å². The maximum atomic E-state index is 11.9. The van der Waals surface area contributed by atoms with Gasteiger partial charge in [-0.1, -0.05) is 29.3 Å². The molecule has 1 aromatic heterocycles. The van der Waals surface area contributed by atoms with Crippen molar-refractivity contribution in [3.8, 4) is 0 Å². The summed E-state index contributed by atoms with van der Waals surface area (Å²) in [5, 5.41) is 3.57. The Morgan fingerprint density at radius 3 is 2.67 bits per heavy atom. The molecule has 0 atom stereocenters. The molecule has 0 aliphatic rings. The lowest BCUT2D eigenvalue weighted by atomic mass is 10.1. The minimum absolute atomic E-state index is 0.356. The Hall–Kier alpha value is -0.910. The fourth-order valence-corrected chi connectivity index (χ4v) is 3.39. The SMILES string of the molecule is Cc1ccc2c(Cl)sc(C(=O)NP(N)(N)=O)c2c1. The number of carbonyl (C=O) groups is 1. The highest BCUT2D eigenvalue weighted by molar-refractivity contribution is 7.57. The van der Waals surface area contributed by atoms with Crippen LogP contribution in [0.3, 0.4) is 0 Å². The average molecular weight is 304 g/mol. The van der Waals surface area contributed by atoms with Crippen LogP contribution in [0.1, 0.15) is 15.2 Å². The van der Waals surface area contributed by atoms with Gasteiger partial charge in [-0.2, -0.15) is 0 Å². The van der Waals surface area contributed by atoms with Crippen LogP contribution in [0.5, 0.6) is 0 Å². The second kappa shape index (κ2) is 4.64. The monoisotopic (exact) mass is 303 g/mol. The molecule has 0 bridgehead atoms. The van der Waals surface area contributed by atoms with E-state index in [0.717, 1.165) is 22.3 Å². The fourth-order valence-electron chi connectivity index (χ4n) is 1.60. The van der Waals surface area contributed by atoms with E-state index in [9.17, 15) is 9.36 Å². The molecule has 0 saturated carbocycles. The Morgan fingerprint density at radius 1 is 1.39 bits per heavy atom. The Morgan fingerprint density at radius 2 is 2.06 bits per heavy atom. The number of rotatable bonds is 2. The second-order valence-electron chi connectivity index (χ2n) is 3.90. The van der Waals surface area contributed by atoms with Crippen molar-refractivity contribution in [3.05, 3.63) is 33.0 Å². The number of aryl methyl sites for hydroxylation is 1. The Balaban J connectivity index is 2.54. The molecule has 8 heteroatoms. The molecule has 0 fully saturated rings. The molecular weight excluding hydrogens is 293 g/mol. The van der Waals surface area contributed by atoms with Crippen LogP contribution in [0.25, 0.3) is 10.8 Å². The van der Waals surface area contributed by atoms with E-state index in [-0.39, 0.29) is 0 Å². The van der Waals surface area contributed by atoms with Crippen LogP contribution >= 0.6 is 30.5 Å². The van der Waals surface area contributed by atoms with Gasteiger partial charge in [0.05, 0.1) is 0 Å². The predicted octanol–water partition coefficient (Wildman–Crippen LogP) is 2.62. The number of halogens is 1. The molecule has 2 rings (SSSR count). The van der Waals surface area contributed by atoms with Crippen molar-refractivity contribution in [2.75, 3.05) is 0 Å². The number of hydrogen-bond donors (Lipinski definition) is 3. The lowest BCUT2D eigenvalue weighted by molar-refractivity contribution is 0.0986. The number of thiophene rings is 1. The Kier molecular flexibility index (Phi) is 3.49. The van der Waals surface area contributed by atoms with Gasteiger partial charge in [-0.3, -0.25) is 25.5 Å². The number of nitrogens with one attached hydrogen (secondary N) is 1. The first-order chi connectivity index (χ1) is 8.28. The van der Waals surface area contributed by atoms with Gasteiger partial charge in [-0.05, 0) is 13.0 Å². The third-order valence-electron chi connectivity index (χ3n) is 2.31. The summed E-state index contributed by atoms with van der Waals surface area (Å²) in [7, 11) is -3.60. The van der Waals surface area contributed by atoms with Crippen molar-refractivity contribution < 1.29 is 9.36 Å². The van der Waals surface area contributed by atoms with Crippen LogP contribution in [-0.2, 0) is 4.57 Å². The molecule has 0 aliphatic carbocycles. The quantitative estimate of drug-likeness (QED) is 0.743. The van der Waals surface area contributed by atoms with E-state index in [4.69, 9.17) is 22.6 Å².